The third-order valence-corrected chi connectivity index (χ3v) is 2.80. The number of aliphatic hydroxyl groups is 2. The van der Waals surface area contributed by atoms with E-state index in [1.807, 2.05) is 29.2 Å². The Kier molecular flexibility index (Phi) is 2.90. The van der Waals surface area contributed by atoms with Gasteiger partial charge >= 0.3 is 0 Å². The molecule has 4 nitrogen and oxygen atoms in total. The smallest absolute Gasteiger partial charge is 0.0990 e. The minimum atomic E-state index is -0.640. The first-order valence-corrected chi connectivity index (χ1v) is 5.11. The lowest BCUT2D eigenvalue weighted by atomic mass is 10.2. The van der Waals surface area contributed by atoms with Crippen LogP contribution in [0.25, 0.3) is 0 Å². The highest BCUT2D eigenvalue weighted by atomic mass is 16.3. The fraction of sp³-hybridized carbons (Fsp3) is 0.455. The first kappa shape index (κ1) is 10.4. The van der Waals surface area contributed by atoms with Gasteiger partial charge in [-0.15, -0.1) is 0 Å². The van der Waals surface area contributed by atoms with E-state index >= 15 is 0 Å². The number of β-amino-alcohol motifs (C(OH)–C–C–N with tert-alkyl or cyclic N) is 2. The lowest BCUT2D eigenvalue weighted by Crippen LogP contribution is -2.22. The van der Waals surface area contributed by atoms with Crippen molar-refractivity contribution in [1.29, 1.82) is 0 Å². The van der Waals surface area contributed by atoms with Crippen LogP contribution in [-0.4, -0.2) is 35.5 Å². The maximum absolute atomic E-state index is 9.42. The molecule has 4 N–H and O–H groups in total. The van der Waals surface area contributed by atoms with Gasteiger partial charge in [0, 0.05) is 25.3 Å². The summed E-state index contributed by atoms with van der Waals surface area (Å²) < 4.78 is 0. The molecule has 0 bridgehead atoms. The minimum absolute atomic E-state index is 0.489. The quantitative estimate of drug-likeness (QED) is 0.623. The number of benzene rings is 1. The molecule has 82 valence electrons. The van der Waals surface area contributed by atoms with Crippen LogP contribution in [0.1, 0.15) is 5.56 Å². The average molecular weight is 208 g/mol. The number of hydrogen-bond acceptors (Lipinski definition) is 4. The predicted molar refractivity (Wildman–Crippen MR) is 58.6 cm³/mol. The number of hydrogen-bond donors (Lipinski definition) is 3. The van der Waals surface area contributed by atoms with E-state index in [0.29, 0.717) is 19.6 Å². The fourth-order valence-electron chi connectivity index (χ4n) is 1.82. The van der Waals surface area contributed by atoms with E-state index < -0.39 is 12.2 Å². The van der Waals surface area contributed by atoms with Gasteiger partial charge in [0.15, 0.2) is 0 Å². The van der Waals surface area contributed by atoms with E-state index in [2.05, 4.69) is 0 Å². The van der Waals surface area contributed by atoms with Gasteiger partial charge in [-0.25, -0.2) is 0 Å². The molecule has 1 aliphatic heterocycles. The summed E-state index contributed by atoms with van der Waals surface area (Å²) in [6.07, 6.45) is -1.28. The zero-order chi connectivity index (χ0) is 10.8. The van der Waals surface area contributed by atoms with Crippen molar-refractivity contribution >= 4 is 5.69 Å². The minimum Gasteiger partial charge on any atom is -0.389 e. The first-order valence-electron chi connectivity index (χ1n) is 5.11. The maximum atomic E-state index is 9.42. The third-order valence-electron chi connectivity index (χ3n) is 2.80. The van der Waals surface area contributed by atoms with Crippen molar-refractivity contribution in [3.8, 4) is 0 Å². The average Bonchev–Trinajstić information content (AvgIpc) is 2.59. The van der Waals surface area contributed by atoms with Gasteiger partial charge in [-0.3, -0.25) is 0 Å². The van der Waals surface area contributed by atoms with Crippen molar-refractivity contribution in [2.24, 2.45) is 5.73 Å². The molecule has 0 spiro atoms. The van der Waals surface area contributed by atoms with E-state index in [1.54, 1.807) is 0 Å². The van der Waals surface area contributed by atoms with E-state index in [0.717, 1.165) is 11.3 Å². The van der Waals surface area contributed by atoms with Gasteiger partial charge < -0.3 is 20.8 Å². The second-order valence-corrected chi connectivity index (χ2v) is 3.91. The highest BCUT2D eigenvalue weighted by Gasteiger charge is 2.29. The highest BCUT2D eigenvalue weighted by Crippen LogP contribution is 2.20. The Morgan fingerprint density at radius 1 is 1.13 bits per heavy atom. The molecule has 15 heavy (non-hydrogen) atoms. The molecular formula is C11H16N2O2. The lowest BCUT2D eigenvalue weighted by Gasteiger charge is -2.17. The molecule has 2 unspecified atom stereocenters. The molecule has 2 atom stereocenters. The van der Waals surface area contributed by atoms with Crippen LogP contribution in [0.4, 0.5) is 5.69 Å². The van der Waals surface area contributed by atoms with Gasteiger partial charge in [0.1, 0.15) is 0 Å². The number of nitrogens with zero attached hydrogens (tertiary/aromatic N) is 1. The predicted octanol–water partition coefficient (Wildman–Crippen LogP) is -0.313. The van der Waals surface area contributed by atoms with E-state index in [-0.39, 0.29) is 0 Å². The summed E-state index contributed by atoms with van der Waals surface area (Å²) in [6, 6.07) is 7.86. The van der Waals surface area contributed by atoms with Crippen molar-refractivity contribution < 1.29 is 10.2 Å². The summed E-state index contributed by atoms with van der Waals surface area (Å²) in [5, 5.41) is 18.8. The van der Waals surface area contributed by atoms with E-state index in [4.69, 9.17) is 5.73 Å². The Morgan fingerprint density at radius 2 is 1.67 bits per heavy atom. The highest BCUT2D eigenvalue weighted by molar-refractivity contribution is 5.49. The van der Waals surface area contributed by atoms with Crippen molar-refractivity contribution in [3.63, 3.8) is 0 Å². The monoisotopic (exact) mass is 208 g/mol. The van der Waals surface area contributed by atoms with Crippen molar-refractivity contribution in [2.45, 2.75) is 18.8 Å². The number of nitrogens with two attached hydrogens (primary N) is 1. The Labute approximate surface area is 88.9 Å². The van der Waals surface area contributed by atoms with Crippen LogP contribution >= 0.6 is 0 Å². The van der Waals surface area contributed by atoms with Gasteiger partial charge in [0.05, 0.1) is 12.2 Å². The summed E-state index contributed by atoms with van der Waals surface area (Å²) in [4.78, 5) is 1.97. The molecule has 2 rings (SSSR count). The topological polar surface area (TPSA) is 69.7 Å². The normalized spacial score (nSPS) is 25.9. The summed E-state index contributed by atoms with van der Waals surface area (Å²) in [6.45, 7) is 1.51. The van der Waals surface area contributed by atoms with Crippen LogP contribution in [0.5, 0.6) is 0 Å². The van der Waals surface area contributed by atoms with Crippen LogP contribution in [-0.2, 0) is 6.54 Å². The SMILES string of the molecule is NCc1ccc(N2CC(O)C(O)C2)cc1. The fourth-order valence-corrected chi connectivity index (χ4v) is 1.82. The van der Waals surface area contributed by atoms with Gasteiger partial charge in [-0.1, -0.05) is 12.1 Å². The van der Waals surface area contributed by atoms with Gasteiger partial charge in [-0.2, -0.15) is 0 Å². The van der Waals surface area contributed by atoms with E-state index in [1.165, 1.54) is 0 Å². The van der Waals surface area contributed by atoms with Crippen LogP contribution in [0.3, 0.4) is 0 Å². The molecular weight excluding hydrogens is 192 g/mol. The molecule has 1 saturated heterocycles. The summed E-state index contributed by atoms with van der Waals surface area (Å²) in [5.41, 5.74) is 7.60. The maximum Gasteiger partial charge on any atom is 0.0990 e. The molecule has 0 aliphatic carbocycles. The van der Waals surface area contributed by atoms with Gasteiger partial charge in [-0.05, 0) is 17.7 Å². The molecule has 0 amide bonds. The molecule has 1 aliphatic rings. The zero-order valence-corrected chi connectivity index (χ0v) is 8.50. The molecule has 1 aromatic carbocycles. The molecule has 0 saturated carbocycles. The van der Waals surface area contributed by atoms with Gasteiger partial charge in [0.25, 0.3) is 0 Å². The van der Waals surface area contributed by atoms with Gasteiger partial charge in [0.2, 0.25) is 0 Å². The zero-order valence-electron chi connectivity index (χ0n) is 8.50. The molecule has 0 radical (unpaired) electrons. The van der Waals surface area contributed by atoms with Crippen LogP contribution < -0.4 is 10.6 Å². The molecule has 4 heteroatoms. The largest absolute Gasteiger partial charge is 0.389 e. The number of rotatable bonds is 2. The van der Waals surface area contributed by atoms with Crippen LogP contribution in [0, 0.1) is 0 Å². The number of anilines is 1. The third kappa shape index (κ3) is 2.12. The molecule has 1 aromatic rings. The number of aliphatic hydroxyl groups excluding tert-OH is 2. The van der Waals surface area contributed by atoms with Crippen LogP contribution in [0.2, 0.25) is 0 Å². The Balaban J connectivity index is 2.10. The summed E-state index contributed by atoms with van der Waals surface area (Å²) >= 11 is 0. The van der Waals surface area contributed by atoms with Crippen molar-refractivity contribution in [3.05, 3.63) is 29.8 Å². The Morgan fingerprint density at radius 3 is 2.13 bits per heavy atom. The Hall–Kier alpha value is -1.10. The Bertz CT molecular complexity index is 316. The second-order valence-electron chi connectivity index (χ2n) is 3.91. The first-order chi connectivity index (χ1) is 7.20. The molecule has 1 fully saturated rings. The molecule has 1 heterocycles. The summed E-state index contributed by atoms with van der Waals surface area (Å²) in [7, 11) is 0. The van der Waals surface area contributed by atoms with Crippen LogP contribution in [0.15, 0.2) is 24.3 Å². The molecule has 0 aromatic heterocycles. The standard InChI is InChI=1S/C11H16N2O2/c12-5-8-1-3-9(4-2-8)13-6-10(14)11(15)7-13/h1-4,10-11,14-15H,5-7,12H2. The lowest BCUT2D eigenvalue weighted by molar-refractivity contribution is 0.0572. The van der Waals surface area contributed by atoms with E-state index in [9.17, 15) is 10.2 Å². The van der Waals surface area contributed by atoms with Crippen molar-refractivity contribution in [1.82, 2.24) is 0 Å². The van der Waals surface area contributed by atoms with Crippen molar-refractivity contribution in [2.75, 3.05) is 18.0 Å². The second kappa shape index (κ2) is 4.18. The summed E-state index contributed by atoms with van der Waals surface area (Å²) in [5.74, 6) is 0.